The van der Waals surface area contributed by atoms with Crippen molar-refractivity contribution in [1.82, 2.24) is 20.6 Å². The molecule has 0 saturated carbocycles. The Bertz CT molecular complexity index is 879. The number of nitrogens with zero attached hydrogens (tertiary/aromatic N) is 2. The van der Waals surface area contributed by atoms with Gasteiger partial charge in [0.25, 0.3) is 5.91 Å². The van der Waals surface area contributed by atoms with Gasteiger partial charge in [-0.2, -0.15) is 0 Å². The van der Waals surface area contributed by atoms with Gasteiger partial charge in [0.15, 0.2) is 0 Å². The molecule has 1 amide bonds. The van der Waals surface area contributed by atoms with Crippen molar-refractivity contribution in [3.8, 4) is 0 Å². The molecule has 23 heavy (non-hydrogen) atoms. The van der Waals surface area contributed by atoms with Gasteiger partial charge in [0.2, 0.25) is 0 Å². The summed E-state index contributed by atoms with van der Waals surface area (Å²) < 4.78 is 0. The van der Waals surface area contributed by atoms with Crippen LogP contribution in [0.4, 0.5) is 5.82 Å². The Kier molecular flexibility index (Phi) is 3.38. The third kappa shape index (κ3) is 2.31. The van der Waals surface area contributed by atoms with Crippen LogP contribution in [0.3, 0.4) is 0 Å². The largest absolute Gasteiger partial charge is 0.355 e. The monoisotopic (exact) mass is 309 g/mol. The first-order valence-corrected chi connectivity index (χ1v) is 7.87. The van der Waals surface area contributed by atoms with E-state index in [0.717, 1.165) is 53.9 Å². The molecule has 3 aromatic rings. The maximum absolute atomic E-state index is 12.1. The molecular formula is C17H19N5O. The molecule has 0 spiro atoms. The highest BCUT2D eigenvalue weighted by molar-refractivity contribution is 6.17. The van der Waals surface area contributed by atoms with E-state index in [-0.39, 0.29) is 5.91 Å². The number of pyridine rings is 1. The van der Waals surface area contributed by atoms with Crippen molar-refractivity contribution >= 4 is 33.7 Å². The molecule has 118 valence electrons. The van der Waals surface area contributed by atoms with Crippen LogP contribution in [0, 0.1) is 0 Å². The Labute approximate surface area is 133 Å². The normalized spacial score (nSPS) is 15.3. The predicted octanol–water partition coefficient (Wildman–Crippen LogP) is 1.49. The molecule has 3 heterocycles. The molecular weight excluding hydrogens is 290 g/mol. The van der Waals surface area contributed by atoms with Crippen LogP contribution in [-0.2, 0) is 0 Å². The number of H-pyrrole nitrogens is 1. The quantitative estimate of drug-likeness (QED) is 0.670. The van der Waals surface area contributed by atoms with Gasteiger partial charge in [0.1, 0.15) is 11.5 Å². The van der Waals surface area contributed by atoms with Crippen LogP contribution in [0.1, 0.15) is 10.4 Å². The van der Waals surface area contributed by atoms with Gasteiger partial charge < -0.3 is 20.5 Å². The van der Waals surface area contributed by atoms with Crippen molar-refractivity contribution in [2.24, 2.45) is 0 Å². The van der Waals surface area contributed by atoms with E-state index in [1.54, 1.807) is 7.05 Å². The minimum absolute atomic E-state index is 0.0809. The molecule has 3 N–H and O–H groups in total. The summed E-state index contributed by atoms with van der Waals surface area (Å²) in [5.74, 6) is 0.898. The minimum atomic E-state index is -0.0809. The zero-order chi connectivity index (χ0) is 15.8. The summed E-state index contributed by atoms with van der Waals surface area (Å²) in [4.78, 5) is 22.5. The molecule has 2 aromatic heterocycles. The van der Waals surface area contributed by atoms with Gasteiger partial charge in [-0.05, 0) is 24.3 Å². The van der Waals surface area contributed by atoms with Gasteiger partial charge in [-0.1, -0.05) is 6.07 Å². The summed E-state index contributed by atoms with van der Waals surface area (Å²) >= 11 is 0. The summed E-state index contributed by atoms with van der Waals surface area (Å²) in [7, 11) is 1.65. The Morgan fingerprint density at radius 1 is 1.22 bits per heavy atom. The van der Waals surface area contributed by atoms with E-state index in [0.29, 0.717) is 5.56 Å². The molecule has 0 radical (unpaired) electrons. The molecule has 1 aliphatic heterocycles. The number of fused-ring (bicyclic) bond motifs is 3. The fraction of sp³-hybridized carbons (Fsp3) is 0.294. The minimum Gasteiger partial charge on any atom is -0.355 e. The molecule has 1 aliphatic rings. The number of rotatable bonds is 2. The summed E-state index contributed by atoms with van der Waals surface area (Å²) in [6.07, 6.45) is 0. The van der Waals surface area contributed by atoms with E-state index in [1.807, 2.05) is 24.3 Å². The molecule has 1 fully saturated rings. The van der Waals surface area contributed by atoms with Crippen LogP contribution in [-0.4, -0.2) is 49.1 Å². The summed E-state index contributed by atoms with van der Waals surface area (Å²) in [6.45, 7) is 3.88. The topological polar surface area (TPSA) is 73.0 Å². The van der Waals surface area contributed by atoms with Crippen molar-refractivity contribution in [1.29, 1.82) is 0 Å². The average molecular weight is 309 g/mol. The Morgan fingerprint density at radius 2 is 2.04 bits per heavy atom. The van der Waals surface area contributed by atoms with Gasteiger partial charge in [0.05, 0.1) is 0 Å². The number of hydrogen-bond donors (Lipinski definition) is 3. The highest BCUT2D eigenvalue weighted by Gasteiger charge is 2.16. The fourth-order valence-corrected chi connectivity index (χ4v) is 3.21. The van der Waals surface area contributed by atoms with Gasteiger partial charge in [-0.15, -0.1) is 0 Å². The number of aromatic nitrogens is 2. The van der Waals surface area contributed by atoms with Crippen molar-refractivity contribution in [3.63, 3.8) is 0 Å². The summed E-state index contributed by atoms with van der Waals surface area (Å²) in [6, 6.07) is 9.82. The zero-order valence-corrected chi connectivity index (χ0v) is 13.0. The van der Waals surface area contributed by atoms with Gasteiger partial charge in [0, 0.05) is 55.1 Å². The zero-order valence-electron chi connectivity index (χ0n) is 13.0. The highest BCUT2D eigenvalue weighted by Crippen LogP contribution is 2.29. The maximum Gasteiger partial charge on any atom is 0.251 e. The number of anilines is 1. The second-order valence-corrected chi connectivity index (χ2v) is 5.73. The van der Waals surface area contributed by atoms with Crippen LogP contribution in [0.2, 0.25) is 0 Å². The van der Waals surface area contributed by atoms with Gasteiger partial charge >= 0.3 is 0 Å². The second kappa shape index (κ2) is 5.55. The number of amides is 1. The van der Waals surface area contributed by atoms with Crippen LogP contribution in [0.5, 0.6) is 0 Å². The molecule has 6 heteroatoms. The smallest absolute Gasteiger partial charge is 0.251 e. The number of carbonyl (C=O) groups excluding carboxylic acids is 1. The SMILES string of the molecule is CNC(=O)c1cccc2[nH]c3nc(N4CCNCC4)ccc3c12. The highest BCUT2D eigenvalue weighted by atomic mass is 16.1. The lowest BCUT2D eigenvalue weighted by Crippen LogP contribution is -2.43. The molecule has 1 saturated heterocycles. The summed E-state index contributed by atoms with van der Waals surface area (Å²) in [5, 5.41) is 7.97. The van der Waals surface area contributed by atoms with Crippen LogP contribution >= 0.6 is 0 Å². The second-order valence-electron chi connectivity index (χ2n) is 5.73. The molecule has 1 aromatic carbocycles. The van der Waals surface area contributed by atoms with Crippen molar-refractivity contribution in [3.05, 3.63) is 35.9 Å². The standard InChI is InChI=1S/C17H19N5O/c1-18-17(23)12-3-2-4-13-15(12)11-5-6-14(21-16(11)20-13)22-9-7-19-8-10-22/h2-6,19H,7-10H2,1H3,(H,18,23)(H,20,21). The third-order valence-electron chi connectivity index (χ3n) is 4.38. The molecule has 4 rings (SSSR count). The predicted molar refractivity (Wildman–Crippen MR) is 92.1 cm³/mol. The number of aromatic amines is 1. The fourth-order valence-electron chi connectivity index (χ4n) is 3.21. The van der Waals surface area contributed by atoms with Gasteiger partial charge in [-0.3, -0.25) is 4.79 Å². The molecule has 0 bridgehead atoms. The van der Waals surface area contributed by atoms with Crippen LogP contribution < -0.4 is 15.5 Å². The first kappa shape index (κ1) is 14.0. The van der Waals surface area contributed by atoms with E-state index >= 15 is 0 Å². The lowest BCUT2D eigenvalue weighted by atomic mass is 10.1. The van der Waals surface area contributed by atoms with Crippen LogP contribution in [0.25, 0.3) is 21.9 Å². The van der Waals surface area contributed by atoms with E-state index in [1.165, 1.54) is 0 Å². The van der Waals surface area contributed by atoms with Gasteiger partial charge in [-0.25, -0.2) is 4.98 Å². The van der Waals surface area contributed by atoms with E-state index < -0.39 is 0 Å². The molecule has 0 aliphatic carbocycles. The molecule has 0 unspecified atom stereocenters. The van der Waals surface area contributed by atoms with Crippen LogP contribution in [0.15, 0.2) is 30.3 Å². The maximum atomic E-state index is 12.1. The molecule has 0 atom stereocenters. The van der Waals surface area contributed by atoms with Crippen molar-refractivity contribution in [2.75, 3.05) is 38.1 Å². The number of nitrogens with one attached hydrogen (secondary N) is 3. The number of carbonyl (C=O) groups is 1. The number of piperazine rings is 1. The first-order valence-electron chi connectivity index (χ1n) is 7.87. The van der Waals surface area contributed by atoms with Crippen molar-refractivity contribution < 1.29 is 4.79 Å². The average Bonchev–Trinajstić information content (AvgIpc) is 2.99. The Balaban J connectivity index is 1.87. The van der Waals surface area contributed by atoms with E-state index in [2.05, 4.69) is 26.6 Å². The van der Waals surface area contributed by atoms with E-state index in [9.17, 15) is 4.79 Å². The number of hydrogen-bond acceptors (Lipinski definition) is 4. The Hall–Kier alpha value is -2.60. The summed E-state index contributed by atoms with van der Waals surface area (Å²) in [5.41, 5.74) is 2.44. The Morgan fingerprint density at radius 3 is 2.83 bits per heavy atom. The number of benzene rings is 1. The van der Waals surface area contributed by atoms with Crippen molar-refractivity contribution in [2.45, 2.75) is 0 Å². The van der Waals surface area contributed by atoms with E-state index in [4.69, 9.17) is 4.98 Å². The lowest BCUT2D eigenvalue weighted by molar-refractivity contribution is 0.0965. The first-order chi connectivity index (χ1) is 11.3. The lowest BCUT2D eigenvalue weighted by Gasteiger charge is -2.28. The third-order valence-corrected chi connectivity index (χ3v) is 4.38. The molecule has 6 nitrogen and oxygen atoms in total.